The van der Waals surface area contributed by atoms with Crippen molar-refractivity contribution in [2.45, 2.75) is 24.9 Å². The smallest absolute Gasteiger partial charge is 0.117 e. The molecule has 1 aliphatic heterocycles. The first-order valence-electron chi connectivity index (χ1n) is 4.98. The van der Waals surface area contributed by atoms with Gasteiger partial charge in [-0.05, 0) is 0 Å². The highest BCUT2D eigenvalue weighted by Gasteiger charge is 2.51. The summed E-state index contributed by atoms with van der Waals surface area (Å²) in [5, 5.41) is 10.4. The molecule has 0 saturated carbocycles. The van der Waals surface area contributed by atoms with Crippen LogP contribution in [0.2, 0.25) is 13.1 Å². The fraction of sp³-hybridized carbons (Fsp3) is 0.455. The Labute approximate surface area is 85.5 Å². The van der Waals surface area contributed by atoms with Gasteiger partial charge in [0.15, 0.2) is 0 Å². The number of ether oxygens (including phenoxy) is 1. The molecule has 2 nitrogen and oxygen atoms in total. The average Bonchev–Trinajstić information content (AvgIpc) is 2.98. The van der Waals surface area contributed by atoms with Gasteiger partial charge in [-0.15, -0.1) is 0 Å². The Morgan fingerprint density at radius 1 is 1.29 bits per heavy atom. The first-order chi connectivity index (χ1) is 6.66. The highest BCUT2D eigenvalue weighted by atomic mass is 28.3. The Kier molecular flexibility index (Phi) is 2.47. The quantitative estimate of drug-likeness (QED) is 0.591. The van der Waals surface area contributed by atoms with Crippen molar-refractivity contribution < 1.29 is 9.84 Å². The second-order valence-electron chi connectivity index (χ2n) is 4.37. The summed E-state index contributed by atoms with van der Waals surface area (Å²) >= 11 is 0. The molecule has 0 aliphatic carbocycles. The number of aliphatic hydroxyl groups excluding tert-OH is 1. The maximum Gasteiger partial charge on any atom is 0.117 e. The molecule has 0 radical (unpaired) electrons. The zero-order valence-corrected chi connectivity index (χ0v) is 9.60. The second kappa shape index (κ2) is 3.49. The molecule has 1 aromatic carbocycles. The van der Waals surface area contributed by atoms with Crippen LogP contribution >= 0.6 is 0 Å². The summed E-state index contributed by atoms with van der Waals surface area (Å²) in [5.74, 6) is 0. The third-order valence-corrected chi connectivity index (χ3v) is 6.74. The molecular weight excluding hydrogens is 192 g/mol. The molecule has 1 N–H and O–H groups in total. The highest BCUT2D eigenvalue weighted by molar-refractivity contribution is 6.91. The Bertz CT molecular complexity index is 310. The van der Waals surface area contributed by atoms with Gasteiger partial charge in [0.1, 0.15) is 14.2 Å². The van der Waals surface area contributed by atoms with Crippen LogP contribution in [0, 0.1) is 0 Å². The van der Waals surface area contributed by atoms with Crippen LogP contribution in [0.4, 0.5) is 0 Å². The zero-order valence-electron chi connectivity index (χ0n) is 8.60. The van der Waals surface area contributed by atoms with Gasteiger partial charge in [-0.2, -0.15) is 0 Å². The van der Waals surface area contributed by atoms with Crippen molar-refractivity contribution in [1.29, 1.82) is 0 Å². The molecule has 2 atom stereocenters. The molecule has 0 aromatic heterocycles. The highest BCUT2D eigenvalue weighted by Crippen LogP contribution is 2.30. The molecule has 1 aromatic rings. The standard InChI is InChI=1S/C11H16O2Si/c1-14(2,11-10(8-12)13-11)9-6-4-3-5-7-9/h3-7,10-12H,8H2,1-2H3/t10-,11+/m0/s1. The van der Waals surface area contributed by atoms with Crippen LogP contribution in [0.5, 0.6) is 0 Å². The number of benzene rings is 1. The Morgan fingerprint density at radius 3 is 2.43 bits per heavy atom. The van der Waals surface area contributed by atoms with Gasteiger partial charge >= 0.3 is 0 Å². The van der Waals surface area contributed by atoms with E-state index < -0.39 is 8.07 Å². The Hall–Kier alpha value is -0.643. The van der Waals surface area contributed by atoms with E-state index in [0.717, 1.165) is 0 Å². The summed E-state index contributed by atoms with van der Waals surface area (Å²) < 4.78 is 5.50. The van der Waals surface area contributed by atoms with E-state index in [1.807, 2.05) is 6.07 Å². The van der Waals surface area contributed by atoms with Crippen LogP contribution in [0.15, 0.2) is 30.3 Å². The number of rotatable bonds is 3. The van der Waals surface area contributed by atoms with Gasteiger partial charge in [-0.3, -0.25) is 0 Å². The van der Waals surface area contributed by atoms with E-state index in [1.165, 1.54) is 5.19 Å². The molecule has 0 spiro atoms. The minimum atomic E-state index is -1.51. The van der Waals surface area contributed by atoms with Crippen molar-refractivity contribution in [3.8, 4) is 0 Å². The molecule has 3 heteroatoms. The lowest BCUT2D eigenvalue weighted by molar-refractivity contribution is 0.243. The molecule has 0 amide bonds. The summed E-state index contributed by atoms with van der Waals surface area (Å²) in [6.07, 6.45) is 0.0943. The fourth-order valence-corrected chi connectivity index (χ4v) is 4.88. The lowest BCUT2D eigenvalue weighted by atomic mass is 10.4. The molecule has 1 aliphatic rings. The SMILES string of the molecule is C[Si](C)(c1ccccc1)[C@H]1O[C@H]1CO. The van der Waals surface area contributed by atoms with E-state index in [0.29, 0.717) is 5.73 Å². The first kappa shape index (κ1) is 9.89. The van der Waals surface area contributed by atoms with Crippen molar-refractivity contribution >= 4 is 13.3 Å². The van der Waals surface area contributed by atoms with Crippen LogP contribution in [-0.2, 0) is 4.74 Å². The van der Waals surface area contributed by atoms with Crippen LogP contribution in [0.1, 0.15) is 0 Å². The topological polar surface area (TPSA) is 32.8 Å². The minimum Gasteiger partial charge on any atom is -0.394 e. The van der Waals surface area contributed by atoms with Crippen molar-refractivity contribution in [2.24, 2.45) is 0 Å². The number of epoxide rings is 1. The van der Waals surface area contributed by atoms with E-state index in [1.54, 1.807) is 0 Å². The summed E-state index contributed by atoms with van der Waals surface area (Å²) in [5.41, 5.74) is 0.301. The van der Waals surface area contributed by atoms with Crippen LogP contribution in [0.25, 0.3) is 0 Å². The van der Waals surface area contributed by atoms with E-state index in [-0.39, 0.29) is 12.7 Å². The maximum absolute atomic E-state index is 8.98. The predicted octanol–water partition coefficient (Wildman–Crippen LogP) is 0.901. The van der Waals surface area contributed by atoms with E-state index in [9.17, 15) is 0 Å². The molecule has 2 rings (SSSR count). The van der Waals surface area contributed by atoms with Gasteiger partial charge in [0.05, 0.1) is 12.3 Å². The third kappa shape index (κ3) is 1.63. The van der Waals surface area contributed by atoms with E-state index in [4.69, 9.17) is 9.84 Å². The molecule has 14 heavy (non-hydrogen) atoms. The summed E-state index contributed by atoms with van der Waals surface area (Å²) in [6.45, 7) is 4.75. The average molecular weight is 208 g/mol. The molecule has 0 unspecified atom stereocenters. The van der Waals surface area contributed by atoms with Gasteiger partial charge in [-0.25, -0.2) is 0 Å². The lowest BCUT2D eigenvalue weighted by Gasteiger charge is -2.20. The minimum absolute atomic E-state index is 0.0943. The fourth-order valence-electron chi connectivity index (χ4n) is 1.95. The van der Waals surface area contributed by atoms with Gasteiger partial charge in [0.25, 0.3) is 0 Å². The van der Waals surface area contributed by atoms with Crippen molar-refractivity contribution in [3.63, 3.8) is 0 Å². The maximum atomic E-state index is 8.98. The van der Waals surface area contributed by atoms with Crippen molar-refractivity contribution in [2.75, 3.05) is 6.61 Å². The third-order valence-electron chi connectivity index (χ3n) is 2.99. The predicted molar refractivity (Wildman–Crippen MR) is 59.3 cm³/mol. The lowest BCUT2D eigenvalue weighted by Crippen LogP contribution is -2.48. The van der Waals surface area contributed by atoms with Gasteiger partial charge in [0.2, 0.25) is 0 Å². The van der Waals surface area contributed by atoms with Crippen LogP contribution < -0.4 is 5.19 Å². The number of hydrogen-bond donors (Lipinski definition) is 1. The molecule has 0 bridgehead atoms. The molecular formula is C11H16O2Si. The van der Waals surface area contributed by atoms with Gasteiger partial charge in [0, 0.05) is 0 Å². The number of aliphatic hydroxyl groups is 1. The van der Waals surface area contributed by atoms with Crippen LogP contribution in [0.3, 0.4) is 0 Å². The first-order valence-corrected chi connectivity index (χ1v) is 8.06. The van der Waals surface area contributed by atoms with Crippen molar-refractivity contribution in [3.05, 3.63) is 30.3 Å². The molecule has 1 fully saturated rings. The zero-order chi connectivity index (χ0) is 10.2. The van der Waals surface area contributed by atoms with E-state index in [2.05, 4.69) is 37.4 Å². The summed E-state index contributed by atoms with van der Waals surface area (Å²) in [7, 11) is -1.51. The van der Waals surface area contributed by atoms with Crippen molar-refractivity contribution in [1.82, 2.24) is 0 Å². The molecule has 1 heterocycles. The second-order valence-corrected chi connectivity index (χ2v) is 8.96. The van der Waals surface area contributed by atoms with Gasteiger partial charge < -0.3 is 9.84 Å². The summed E-state index contributed by atoms with van der Waals surface area (Å²) in [6, 6.07) is 10.5. The monoisotopic (exact) mass is 208 g/mol. The number of hydrogen-bond acceptors (Lipinski definition) is 2. The molecule has 76 valence electrons. The Balaban J connectivity index is 2.17. The Morgan fingerprint density at radius 2 is 1.93 bits per heavy atom. The largest absolute Gasteiger partial charge is 0.394 e. The summed E-state index contributed by atoms with van der Waals surface area (Å²) in [4.78, 5) is 0. The van der Waals surface area contributed by atoms with Gasteiger partial charge in [-0.1, -0.05) is 48.6 Å². The normalized spacial score (nSPS) is 26.2. The van der Waals surface area contributed by atoms with Crippen LogP contribution in [-0.4, -0.2) is 31.6 Å². The van der Waals surface area contributed by atoms with E-state index >= 15 is 0 Å². The molecule has 1 saturated heterocycles.